The molecule has 0 amide bonds. The van der Waals surface area contributed by atoms with Gasteiger partial charge in [0, 0.05) is 13.1 Å². The van der Waals surface area contributed by atoms with E-state index in [0.717, 1.165) is 22.6 Å². The van der Waals surface area contributed by atoms with Crippen molar-refractivity contribution in [2.75, 3.05) is 34.5 Å². The zero-order valence-corrected chi connectivity index (χ0v) is 20.0. The van der Waals surface area contributed by atoms with Crippen LogP contribution >= 0.6 is 0 Å². The lowest BCUT2D eigenvalue weighted by Crippen LogP contribution is -2.35. The first-order valence-electron chi connectivity index (χ1n) is 10.8. The van der Waals surface area contributed by atoms with Gasteiger partial charge in [-0.1, -0.05) is 6.07 Å². The Morgan fingerprint density at radius 1 is 0.909 bits per heavy atom. The average Bonchev–Trinajstić information content (AvgIpc) is 3.32. The summed E-state index contributed by atoms with van der Waals surface area (Å²) in [6.07, 6.45) is 0.954. The van der Waals surface area contributed by atoms with Gasteiger partial charge in [-0.3, -0.25) is 4.90 Å². The Balaban J connectivity index is 1.72. The third kappa shape index (κ3) is 6.66. The topological polar surface area (TPSA) is 73.5 Å². The fourth-order valence-corrected chi connectivity index (χ4v) is 3.64. The summed E-state index contributed by atoms with van der Waals surface area (Å²) in [5.41, 5.74) is 3.32. The highest BCUT2D eigenvalue weighted by Gasteiger charge is 2.18. The minimum atomic E-state index is -0.691. The van der Waals surface area contributed by atoms with Crippen molar-refractivity contribution in [3.05, 3.63) is 71.2 Å². The van der Waals surface area contributed by atoms with Crippen LogP contribution in [0, 0.1) is 13.8 Å². The molecule has 1 N–H and O–H groups in total. The second-order valence-corrected chi connectivity index (χ2v) is 7.99. The molecule has 1 unspecified atom stereocenters. The van der Waals surface area contributed by atoms with Gasteiger partial charge in [0.05, 0.1) is 34.1 Å². The highest BCUT2D eigenvalue weighted by molar-refractivity contribution is 5.53. The molecule has 1 aromatic heterocycles. The molecule has 0 bridgehead atoms. The van der Waals surface area contributed by atoms with Gasteiger partial charge in [-0.2, -0.15) is 0 Å². The summed E-state index contributed by atoms with van der Waals surface area (Å²) in [6, 6.07) is 13.5. The molecule has 0 radical (unpaired) electrons. The van der Waals surface area contributed by atoms with Crippen LogP contribution in [0.15, 0.2) is 53.1 Å². The normalized spacial score (nSPS) is 12.0. The fraction of sp³-hybridized carbons (Fsp3) is 0.385. The largest absolute Gasteiger partial charge is 0.493 e. The molecule has 0 fully saturated rings. The molecule has 33 heavy (non-hydrogen) atoms. The summed E-state index contributed by atoms with van der Waals surface area (Å²) >= 11 is 0. The Labute approximate surface area is 195 Å². The minimum absolute atomic E-state index is 0.187. The van der Waals surface area contributed by atoms with Gasteiger partial charge in [0.2, 0.25) is 5.75 Å². The van der Waals surface area contributed by atoms with Crippen molar-refractivity contribution in [2.45, 2.75) is 33.0 Å². The van der Waals surface area contributed by atoms with Crippen LogP contribution in [0.3, 0.4) is 0 Å². The molecule has 7 nitrogen and oxygen atoms in total. The Bertz CT molecular complexity index is 993. The lowest BCUT2D eigenvalue weighted by molar-refractivity contribution is 0.0604. The molecule has 1 atom stereocenters. The molecular weight excluding hydrogens is 422 g/mol. The summed E-state index contributed by atoms with van der Waals surface area (Å²) < 4.78 is 27.8. The van der Waals surface area contributed by atoms with Crippen LogP contribution in [-0.2, 0) is 13.1 Å². The van der Waals surface area contributed by atoms with Gasteiger partial charge < -0.3 is 28.5 Å². The van der Waals surface area contributed by atoms with E-state index in [0.29, 0.717) is 36.9 Å². The molecule has 7 heteroatoms. The van der Waals surface area contributed by atoms with Crippen LogP contribution < -0.4 is 18.9 Å². The number of benzene rings is 2. The Hall–Kier alpha value is -3.16. The van der Waals surface area contributed by atoms with E-state index in [-0.39, 0.29) is 6.61 Å². The molecule has 0 saturated carbocycles. The maximum absolute atomic E-state index is 10.7. The Morgan fingerprint density at radius 2 is 1.64 bits per heavy atom. The van der Waals surface area contributed by atoms with Crippen molar-refractivity contribution < 1.29 is 28.5 Å². The molecule has 0 spiro atoms. The van der Waals surface area contributed by atoms with Crippen LogP contribution in [0.2, 0.25) is 0 Å². The number of aryl methyl sites for hydroxylation is 2. The van der Waals surface area contributed by atoms with Crippen molar-refractivity contribution in [1.29, 1.82) is 0 Å². The third-order valence-corrected chi connectivity index (χ3v) is 5.48. The zero-order chi connectivity index (χ0) is 23.8. The number of furan rings is 1. The Morgan fingerprint density at radius 3 is 2.21 bits per heavy atom. The molecule has 3 aromatic rings. The number of nitrogens with zero attached hydrogens (tertiary/aromatic N) is 1. The van der Waals surface area contributed by atoms with Crippen LogP contribution in [0.5, 0.6) is 23.0 Å². The first-order chi connectivity index (χ1) is 15.9. The van der Waals surface area contributed by atoms with E-state index in [9.17, 15) is 5.11 Å². The van der Waals surface area contributed by atoms with E-state index < -0.39 is 6.10 Å². The maximum Gasteiger partial charge on any atom is 0.203 e. The molecule has 0 aliphatic heterocycles. The monoisotopic (exact) mass is 455 g/mol. The summed E-state index contributed by atoms with van der Waals surface area (Å²) in [6.45, 7) is 5.75. The van der Waals surface area contributed by atoms with Crippen LogP contribution in [0.25, 0.3) is 0 Å². The van der Waals surface area contributed by atoms with Crippen molar-refractivity contribution >= 4 is 0 Å². The molecular formula is C26H33NO6. The highest BCUT2D eigenvalue weighted by atomic mass is 16.5. The summed E-state index contributed by atoms with van der Waals surface area (Å²) in [4.78, 5) is 2.09. The first-order valence-corrected chi connectivity index (χ1v) is 10.8. The molecule has 178 valence electrons. The molecule has 0 saturated heterocycles. The number of hydrogen-bond donors (Lipinski definition) is 1. The molecule has 2 aromatic carbocycles. The summed E-state index contributed by atoms with van der Waals surface area (Å²) in [5, 5.41) is 10.7. The van der Waals surface area contributed by atoms with Crippen molar-refractivity contribution in [3.8, 4) is 23.0 Å². The standard InChI is InChI=1S/C26H33NO6/c1-18-8-9-22(11-19(18)2)33-17-21(28)15-27(16-23-7-6-10-32-23)14-20-12-24(29-3)26(31-5)25(13-20)30-4/h6-13,21,28H,14-17H2,1-5H3. The fourth-order valence-electron chi connectivity index (χ4n) is 3.64. The van der Waals surface area contributed by atoms with E-state index in [2.05, 4.69) is 11.8 Å². The van der Waals surface area contributed by atoms with Crippen LogP contribution in [0.1, 0.15) is 22.5 Å². The SMILES string of the molecule is COc1cc(CN(Cc2ccco2)CC(O)COc2ccc(C)c(C)c2)cc(OC)c1OC. The summed E-state index contributed by atoms with van der Waals surface area (Å²) in [5.74, 6) is 3.28. The predicted molar refractivity (Wildman–Crippen MR) is 126 cm³/mol. The smallest absolute Gasteiger partial charge is 0.203 e. The van der Waals surface area contributed by atoms with Gasteiger partial charge in [0.1, 0.15) is 24.2 Å². The van der Waals surface area contributed by atoms with Gasteiger partial charge in [-0.25, -0.2) is 0 Å². The van der Waals surface area contributed by atoms with Gasteiger partial charge in [-0.15, -0.1) is 0 Å². The van der Waals surface area contributed by atoms with E-state index in [1.165, 1.54) is 5.56 Å². The van der Waals surface area contributed by atoms with Crippen molar-refractivity contribution in [3.63, 3.8) is 0 Å². The number of hydrogen-bond acceptors (Lipinski definition) is 7. The maximum atomic E-state index is 10.7. The number of rotatable bonds is 12. The van der Waals surface area contributed by atoms with E-state index in [1.807, 2.05) is 49.4 Å². The van der Waals surface area contributed by atoms with Gasteiger partial charge in [0.15, 0.2) is 11.5 Å². The van der Waals surface area contributed by atoms with E-state index in [4.69, 9.17) is 23.4 Å². The molecule has 1 heterocycles. The van der Waals surface area contributed by atoms with E-state index in [1.54, 1.807) is 27.6 Å². The lowest BCUT2D eigenvalue weighted by Gasteiger charge is -2.25. The number of aliphatic hydroxyl groups is 1. The van der Waals surface area contributed by atoms with Crippen LogP contribution in [0.4, 0.5) is 0 Å². The second-order valence-electron chi connectivity index (χ2n) is 7.99. The van der Waals surface area contributed by atoms with Gasteiger partial charge in [0.25, 0.3) is 0 Å². The first kappa shape index (κ1) is 24.5. The van der Waals surface area contributed by atoms with Crippen LogP contribution in [-0.4, -0.2) is 50.6 Å². The number of ether oxygens (including phenoxy) is 4. The average molecular weight is 456 g/mol. The second kappa shape index (κ2) is 11.6. The molecule has 0 aliphatic carbocycles. The van der Waals surface area contributed by atoms with Gasteiger partial charge >= 0.3 is 0 Å². The summed E-state index contributed by atoms with van der Waals surface area (Å²) in [7, 11) is 4.76. The highest BCUT2D eigenvalue weighted by Crippen LogP contribution is 2.38. The molecule has 0 aliphatic rings. The van der Waals surface area contributed by atoms with Crippen molar-refractivity contribution in [2.24, 2.45) is 0 Å². The third-order valence-electron chi connectivity index (χ3n) is 5.48. The Kier molecular flexibility index (Phi) is 8.63. The van der Waals surface area contributed by atoms with Gasteiger partial charge in [-0.05, 0) is 66.9 Å². The number of aliphatic hydroxyl groups excluding tert-OH is 1. The van der Waals surface area contributed by atoms with E-state index >= 15 is 0 Å². The minimum Gasteiger partial charge on any atom is -0.493 e. The quantitative estimate of drug-likeness (QED) is 0.435. The predicted octanol–water partition coefficient (Wildman–Crippen LogP) is 4.36. The van der Waals surface area contributed by atoms with Crippen molar-refractivity contribution in [1.82, 2.24) is 4.90 Å². The zero-order valence-electron chi connectivity index (χ0n) is 20.0. The molecule has 3 rings (SSSR count). The number of methoxy groups -OCH3 is 3. The lowest BCUT2D eigenvalue weighted by atomic mass is 10.1.